The zero-order valence-corrected chi connectivity index (χ0v) is 15.4. The standard InChI is InChI=1S/C20H31N3O2/c1-25-19-9-7-18(8-10-19)23-15-13-22(14-16-23)12-11-20(24)21-17-5-3-2-4-6-17/h7-10,17H,2-6,11-16H2,1H3,(H,21,24). The van der Waals surface area contributed by atoms with Crippen LogP contribution in [0.5, 0.6) is 5.75 Å². The molecule has 1 aliphatic heterocycles. The summed E-state index contributed by atoms with van der Waals surface area (Å²) in [4.78, 5) is 16.9. The maximum Gasteiger partial charge on any atom is 0.221 e. The topological polar surface area (TPSA) is 44.8 Å². The van der Waals surface area contributed by atoms with Crippen LogP contribution < -0.4 is 15.0 Å². The Morgan fingerprint density at radius 1 is 1.08 bits per heavy atom. The maximum absolute atomic E-state index is 12.1. The number of carbonyl (C=O) groups is 1. The lowest BCUT2D eigenvalue weighted by atomic mass is 9.95. The molecular weight excluding hydrogens is 314 g/mol. The number of methoxy groups -OCH3 is 1. The monoisotopic (exact) mass is 345 g/mol. The van der Waals surface area contributed by atoms with E-state index >= 15 is 0 Å². The summed E-state index contributed by atoms with van der Waals surface area (Å²) in [7, 11) is 1.69. The highest BCUT2D eigenvalue weighted by molar-refractivity contribution is 5.76. The van der Waals surface area contributed by atoms with E-state index in [1.807, 2.05) is 12.1 Å². The van der Waals surface area contributed by atoms with Crippen LogP contribution in [0.4, 0.5) is 5.69 Å². The van der Waals surface area contributed by atoms with Crippen molar-refractivity contribution in [2.24, 2.45) is 0 Å². The number of hydrogen-bond donors (Lipinski definition) is 1. The van der Waals surface area contributed by atoms with Crippen molar-refractivity contribution in [3.63, 3.8) is 0 Å². The number of ether oxygens (including phenoxy) is 1. The Bertz CT molecular complexity index is 532. The van der Waals surface area contributed by atoms with Crippen LogP contribution >= 0.6 is 0 Å². The van der Waals surface area contributed by atoms with Crippen molar-refractivity contribution in [2.45, 2.75) is 44.6 Å². The van der Waals surface area contributed by atoms with E-state index < -0.39 is 0 Å². The van der Waals surface area contributed by atoms with Crippen LogP contribution in [0, 0.1) is 0 Å². The SMILES string of the molecule is COc1ccc(N2CCN(CCC(=O)NC3CCCCC3)CC2)cc1. The van der Waals surface area contributed by atoms with E-state index in [1.54, 1.807) is 7.11 Å². The Labute approximate surface area is 151 Å². The van der Waals surface area contributed by atoms with Crippen molar-refractivity contribution in [1.82, 2.24) is 10.2 Å². The van der Waals surface area contributed by atoms with Gasteiger partial charge in [-0.3, -0.25) is 9.69 Å². The number of carbonyl (C=O) groups excluding carboxylic acids is 1. The maximum atomic E-state index is 12.1. The molecule has 5 nitrogen and oxygen atoms in total. The normalized spacial score (nSPS) is 19.6. The fraction of sp³-hybridized carbons (Fsp3) is 0.650. The number of hydrogen-bond acceptors (Lipinski definition) is 4. The van der Waals surface area contributed by atoms with Gasteiger partial charge in [-0.2, -0.15) is 0 Å². The van der Waals surface area contributed by atoms with Gasteiger partial charge in [0.15, 0.2) is 0 Å². The molecule has 1 heterocycles. The number of benzene rings is 1. The summed E-state index contributed by atoms with van der Waals surface area (Å²) in [6, 6.07) is 8.68. The van der Waals surface area contributed by atoms with Gasteiger partial charge in [-0.15, -0.1) is 0 Å². The number of nitrogens with zero attached hydrogens (tertiary/aromatic N) is 2. The molecule has 1 amide bonds. The van der Waals surface area contributed by atoms with E-state index in [0.717, 1.165) is 51.3 Å². The molecular formula is C20H31N3O2. The Kier molecular flexibility index (Phi) is 6.56. The van der Waals surface area contributed by atoms with Crippen molar-refractivity contribution >= 4 is 11.6 Å². The molecule has 3 rings (SSSR count). The zero-order chi connectivity index (χ0) is 17.5. The predicted molar refractivity (Wildman–Crippen MR) is 101 cm³/mol. The summed E-state index contributed by atoms with van der Waals surface area (Å²) >= 11 is 0. The third kappa shape index (κ3) is 5.36. The zero-order valence-electron chi connectivity index (χ0n) is 15.4. The largest absolute Gasteiger partial charge is 0.497 e. The Hall–Kier alpha value is -1.75. The average Bonchev–Trinajstić information content (AvgIpc) is 2.68. The number of rotatable bonds is 6. The molecule has 0 radical (unpaired) electrons. The molecule has 0 aromatic heterocycles. The lowest BCUT2D eigenvalue weighted by Gasteiger charge is -2.36. The molecule has 138 valence electrons. The second-order valence-electron chi connectivity index (χ2n) is 7.18. The highest BCUT2D eigenvalue weighted by Gasteiger charge is 2.19. The minimum absolute atomic E-state index is 0.226. The molecule has 1 saturated heterocycles. The quantitative estimate of drug-likeness (QED) is 0.861. The van der Waals surface area contributed by atoms with Gasteiger partial charge >= 0.3 is 0 Å². The van der Waals surface area contributed by atoms with E-state index in [-0.39, 0.29) is 5.91 Å². The predicted octanol–water partition coefficient (Wildman–Crippen LogP) is 2.66. The Morgan fingerprint density at radius 3 is 2.40 bits per heavy atom. The highest BCUT2D eigenvalue weighted by Crippen LogP contribution is 2.20. The minimum atomic E-state index is 0.226. The number of amides is 1. The van der Waals surface area contributed by atoms with Gasteiger partial charge in [-0.1, -0.05) is 19.3 Å². The third-order valence-electron chi connectivity index (χ3n) is 5.44. The van der Waals surface area contributed by atoms with Crippen LogP contribution in [0.25, 0.3) is 0 Å². The van der Waals surface area contributed by atoms with E-state index in [1.165, 1.54) is 24.9 Å². The van der Waals surface area contributed by atoms with E-state index in [2.05, 4.69) is 27.2 Å². The fourth-order valence-corrected chi connectivity index (χ4v) is 3.83. The van der Waals surface area contributed by atoms with Crippen LogP contribution in [-0.4, -0.2) is 56.7 Å². The van der Waals surface area contributed by atoms with Crippen molar-refractivity contribution in [1.29, 1.82) is 0 Å². The van der Waals surface area contributed by atoms with Crippen molar-refractivity contribution in [3.8, 4) is 5.75 Å². The Balaban J connectivity index is 1.36. The summed E-state index contributed by atoms with van der Waals surface area (Å²) in [5.41, 5.74) is 1.25. The minimum Gasteiger partial charge on any atom is -0.497 e. The van der Waals surface area contributed by atoms with E-state index in [4.69, 9.17) is 4.74 Å². The van der Waals surface area contributed by atoms with Crippen molar-refractivity contribution in [2.75, 3.05) is 44.7 Å². The van der Waals surface area contributed by atoms with Gasteiger partial charge in [0.25, 0.3) is 0 Å². The van der Waals surface area contributed by atoms with Gasteiger partial charge in [-0.05, 0) is 37.1 Å². The summed E-state index contributed by atoms with van der Waals surface area (Å²) < 4.78 is 5.22. The second-order valence-corrected chi connectivity index (χ2v) is 7.18. The van der Waals surface area contributed by atoms with Crippen LogP contribution in [0.1, 0.15) is 38.5 Å². The fourth-order valence-electron chi connectivity index (χ4n) is 3.83. The van der Waals surface area contributed by atoms with Crippen LogP contribution in [-0.2, 0) is 4.79 Å². The molecule has 2 fully saturated rings. The number of anilines is 1. The first kappa shape index (κ1) is 18.1. The van der Waals surface area contributed by atoms with Gasteiger partial charge < -0.3 is 15.0 Å². The first-order valence-corrected chi connectivity index (χ1v) is 9.65. The number of nitrogens with one attached hydrogen (secondary N) is 1. The van der Waals surface area contributed by atoms with Crippen molar-refractivity contribution < 1.29 is 9.53 Å². The molecule has 1 aromatic carbocycles. The molecule has 0 bridgehead atoms. The van der Waals surface area contributed by atoms with Gasteiger partial charge in [-0.25, -0.2) is 0 Å². The highest BCUT2D eigenvalue weighted by atomic mass is 16.5. The van der Waals surface area contributed by atoms with E-state index in [9.17, 15) is 4.79 Å². The molecule has 5 heteroatoms. The summed E-state index contributed by atoms with van der Waals surface area (Å²) in [6.45, 7) is 4.92. The summed E-state index contributed by atoms with van der Waals surface area (Å²) in [6.07, 6.45) is 6.79. The lowest BCUT2D eigenvalue weighted by Crippen LogP contribution is -2.47. The molecule has 1 aliphatic carbocycles. The smallest absolute Gasteiger partial charge is 0.221 e. The van der Waals surface area contributed by atoms with Gasteiger partial charge in [0.2, 0.25) is 5.91 Å². The molecule has 1 saturated carbocycles. The third-order valence-corrected chi connectivity index (χ3v) is 5.44. The molecule has 1 N–H and O–H groups in total. The van der Waals surface area contributed by atoms with Gasteiger partial charge in [0, 0.05) is 50.9 Å². The molecule has 2 aliphatic rings. The molecule has 1 aromatic rings. The van der Waals surface area contributed by atoms with Crippen LogP contribution in [0.15, 0.2) is 24.3 Å². The van der Waals surface area contributed by atoms with E-state index in [0.29, 0.717) is 12.5 Å². The first-order chi connectivity index (χ1) is 12.2. The lowest BCUT2D eigenvalue weighted by molar-refractivity contribution is -0.122. The summed E-state index contributed by atoms with van der Waals surface area (Å²) in [5, 5.41) is 3.22. The molecule has 25 heavy (non-hydrogen) atoms. The molecule has 0 spiro atoms. The Morgan fingerprint density at radius 2 is 1.76 bits per heavy atom. The van der Waals surface area contributed by atoms with Crippen LogP contribution in [0.3, 0.4) is 0 Å². The van der Waals surface area contributed by atoms with Gasteiger partial charge in [0.05, 0.1) is 7.11 Å². The van der Waals surface area contributed by atoms with Crippen LogP contribution in [0.2, 0.25) is 0 Å². The van der Waals surface area contributed by atoms with Gasteiger partial charge in [0.1, 0.15) is 5.75 Å². The van der Waals surface area contributed by atoms with Crippen molar-refractivity contribution in [3.05, 3.63) is 24.3 Å². The first-order valence-electron chi connectivity index (χ1n) is 9.65. The molecule has 0 unspecified atom stereocenters. The second kappa shape index (κ2) is 9.09. The number of piperazine rings is 1. The average molecular weight is 345 g/mol. The molecule has 0 atom stereocenters. The summed E-state index contributed by atoms with van der Waals surface area (Å²) in [5.74, 6) is 1.12.